The Morgan fingerprint density at radius 2 is 1.73 bits per heavy atom. The summed E-state index contributed by atoms with van der Waals surface area (Å²) in [5.41, 5.74) is 1.14. The lowest BCUT2D eigenvalue weighted by atomic mass is 10.1. The van der Waals surface area contributed by atoms with Gasteiger partial charge in [-0.25, -0.2) is 4.79 Å². The van der Waals surface area contributed by atoms with Crippen LogP contribution < -0.4 is 0 Å². The Labute approximate surface area is 136 Å². The van der Waals surface area contributed by atoms with Crippen LogP contribution in [-0.2, 0) is 16.1 Å². The Morgan fingerprint density at radius 1 is 1.09 bits per heavy atom. The molecule has 114 valence electrons. The van der Waals surface area contributed by atoms with Crippen molar-refractivity contribution >= 4 is 40.7 Å². The van der Waals surface area contributed by atoms with Crippen LogP contribution in [0.25, 0.3) is 0 Å². The average molecular weight is 340 g/mol. The minimum atomic E-state index is -1.61. The number of hydrogen-bond acceptors (Lipinski definition) is 3. The van der Waals surface area contributed by atoms with Crippen LogP contribution in [0.1, 0.15) is 22.3 Å². The number of Topliss-reactive ketones (excluding diaryl/α,β-unsaturated/α-hetero) is 2. The summed E-state index contributed by atoms with van der Waals surface area (Å²) in [5, 5.41) is 9.52. The van der Waals surface area contributed by atoms with Gasteiger partial charge in [0.15, 0.2) is 5.78 Å². The minimum absolute atomic E-state index is 0.280. The molecule has 0 aliphatic heterocycles. The van der Waals surface area contributed by atoms with Gasteiger partial charge in [-0.15, -0.1) is 0 Å². The highest BCUT2D eigenvalue weighted by molar-refractivity contribution is 6.37. The normalized spacial score (nSPS) is 10.5. The highest BCUT2D eigenvalue weighted by Gasteiger charge is 2.18. The number of benzene rings is 1. The lowest BCUT2D eigenvalue weighted by molar-refractivity contribution is -0.148. The monoisotopic (exact) mass is 339 g/mol. The predicted molar refractivity (Wildman–Crippen MR) is 81.6 cm³/mol. The highest BCUT2D eigenvalue weighted by Crippen LogP contribution is 2.20. The molecule has 1 aromatic carbocycles. The van der Waals surface area contributed by atoms with Crippen LogP contribution in [0.15, 0.2) is 36.7 Å². The number of carboxylic acid groups (broad SMARTS) is 1. The molecule has 0 aliphatic rings. The summed E-state index contributed by atoms with van der Waals surface area (Å²) in [4.78, 5) is 33.3. The zero-order valence-electron chi connectivity index (χ0n) is 11.3. The van der Waals surface area contributed by atoms with Gasteiger partial charge in [0, 0.05) is 34.5 Å². The van der Waals surface area contributed by atoms with Gasteiger partial charge in [0.25, 0.3) is 0 Å². The summed E-state index contributed by atoms with van der Waals surface area (Å²) in [6.45, 7) is 0.445. The number of aromatic nitrogens is 1. The Balaban J connectivity index is 2.09. The molecule has 0 radical (unpaired) electrons. The van der Waals surface area contributed by atoms with E-state index in [1.54, 1.807) is 35.2 Å². The highest BCUT2D eigenvalue weighted by atomic mass is 35.5. The number of aliphatic carboxylic acids is 1. The number of hydrogen-bond donors (Lipinski definition) is 1. The van der Waals surface area contributed by atoms with E-state index < -0.39 is 24.0 Å². The van der Waals surface area contributed by atoms with E-state index in [-0.39, 0.29) is 5.56 Å². The Morgan fingerprint density at radius 3 is 2.32 bits per heavy atom. The van der Waals surface area contributed by atoms with Crippen molar-refractivity contribution in [1.82, 2.24) is 4.57 Å². The van der Waals surface area contributed by atoms with E-state index in [1.165, 1.54) is 6.07 Å². The first-order valence-corrected chi connectivity index (χ1v) is 7.01. The SMILES string of the molecule is O=C(O)C(=O)CC(=O)c1ccn(Cc2cc(Cl)cc(Cl)c2)c1. The third kappa shape index (κ3) is 4.19. The summed E-state index contributed by atoms with van der Waals surface area (Å²) in [6.07, 6.45) is 2.56. The second-order valence-electron chi connectivity index (χ2n) is 4.68. The Kier molecular flexibility index (Phi) is 5.00. The topological polar surface area (TPSA) is 76.4 Å². The van der Waals surface area contributed by atoms with E-state index in [1.807, 2.05) is 0 Å². The molecular formula is C15H11Cl2NO4. The molecule has 0 saturated carbocycles. The maximum absolute atomic E-state index is 11.8. The standard InChI is InChI=1S/C15H11Cl2NO4/c16-11-3-9(4-12(17)5-11)7-18-2-1-10(8-18)13(19)6-14(20)15(21)22/h1-5,8H,6-7H2,(H,21,22). The number of ketones is 2. The van der Waals surface area contributed by atoms with Crippen molar-refractivity contribution in [2.45, 2.75) is 13.0 Å². The van der Waals surface area contributed by atoms with Gasteiger partial charge in [0.05, 0.1) is 6.42 Å². The van der Waals surface area contributed by atoms with Crippen molar-refractivity contribution in [2.75, 3.05) is 0 Å². The smallest absolute Gasteiger partial charge is 0.372 e. The number of carbonyl (C=O) groups excluding carboxylic acids is 2. The molecule has 1 heterocycles. The predicted octanol–water partition coefficient (Wildman–Crippen LogP) is 3.07. The van der Waals surface area contributed by atoms with Crippen molar-refractivity contribution in [2.24, 2.45) is 0 Å². The molecule has 2 rings (SSSR count). The average Bonchev–Trinajstić information content (AvgIpc) is 2.85. The van der Waals surface area contributed by atoms with Crippen molar-refractivity contribution in [3.05, 3.63) is 57.8 Å². The molecule has 5 nitrogen and oxygen atoms in total. The van der Waals surface area contributed by atoms with E-state index in [0.29, 0.717) is 16.6 Å². The van der Waals surface area contributed by atoms with Gasteiger partial charge in [-0.2, -0.15) is 0 Å². The van der Waals surface area contributed by atoms with Gasteiger partial charge in [-0.3, -0.25) is 9.59 Å². The van der Waals surface area contributed by atoms with E-state index >= 15 is 0 Å². The lowest BCUT2D eigenvalue weighted by Gasteiger charge is -2.04. The summed E-state index contributed by atoms with van der Waals surface area (Å²) < 4.78 is 1.72. The second-order valence-corrected chi connectivity index (χ2v) is 5.55. The Bertz CT molecular complexity index is 732. The summed E-state index contributed by atoms with van der Waals surface area (Å²) >= 11 is 11.8. The van der Waals surface area contributed by atoms with Gasteiger partial charge in [-0.1, -0.05) is 23.2 Å². The second kappa shape index (κ2) is 6.77. The van der Waals surface area contributed by atoms with E-state index in [4.69, 9.17) is 28.3 Å². The molecule has 7 heteroatoms. The Hall–Kier alpha value is -2.11. The molecular weight excluding hydrogens is 329 g/mol. The van der Waals surface area contributed by atoms with Gasteiger partial charge in [0.2, 0.25) is 5.78 Å². The van der Waals surface area contributed by atoms with Crippen molar-refractivity contribution in [3.63, 3.8) is 0 Å². The van der Waals surface area contributed by atoms with Crippen LogP contribution in [-0.4, -0.2) is 27.2 Å². The fourth-order valence-electron chi connectivity index (χ4n) is 1.94. The van der Waals surface area contributed by atoms with E-state index in [9.17, 15) is 14.4 Å². The molecule has 1 N–H and O–H groups in total. The molecule has 0 bridgehead atoms. The minimum Gasteiger partial charge on any atom is -0.475 e. The first-order chi connectivity index (χ1) is 10.3. The van der Waals surface area contributed by atoms with Crippen LogP contribution in [0.2, 0.25) is 10.0 Å². The van der Waals surface area contributed by atoms with Crippen molar-refractivity contribution < 1.29 is 19.5 Å². The van der Waals surface area contributed by atoms with E-state index in [2.05, 4.69) is 0 Å². The third-order valence-electron chi connectivity index (χ3n) is 2.92. The fourth-order valence-corrected chi connectivity index (χ4v) is 2.51. The summed E-state index contributed by atoms with van der Waals surface area (Å²) in [7, 11) is 0. The molecule has 0 amide bonds. The van der Waals surface area contributed by atoms with Crippen LogP contribution >= 0.6 is 23.2 Å². The van der Waals surface area contributed by atoms with Gasteiger partial charge >= 0.3 is 5.97 Å². The zero-order chi connectivity index (χ0) is 16.3. The number of rotatable bonds is 6. The maximum Gasteiger partial charge on any atom is 0.372 e. The van der Waals surface area contributed by atoms with Crippen molar-refractivity contribution in [1.29, 1.82) is 0 Å². The number of carboxylic acids is 1. The molecule has 0 aliphatic carbocycles. The molecule has 0 unspecified atom stereocenters. The largest absolute Gasteiger partial charge is 0.475 e. The van der Waals surface area contributed by atoms with E-state index in [0.717, 1.165) is 5.56 Å². The first kappa shape index (κ1) is 16.3. The summed E-state index contributed by atoms with van der Waals surface area (Å²) in [5.74, 6) is -3.27. The fraction of sp³-hybridized carbons (Fsp3) is 0.133. The van der Waals surface area contributed by atoms with Gasteiger partial charge < -0.3 is 9.67 Å². The lowest BCUT2D eigenvalue weighted by Crippen LogP contribution is -2.16. The molecule has 0 saturated heterocycles. The van der Waals surface area contributed by atoms with Crippen LogP contribution in [0, 0.1) is 0 Å². The molecule has 0 spiro atoms. The van der Waals surface area contributed by atoms with Crippen LogP contribution in [0.3, 0.4) is 0 Å². The molecule has 0 fully saturated rings. The first-order valence-electron chi connectivity index (χ1n) is 6.25. The molecule has 2 aromatic rings. The molecule has 0 atom stereocenters. The number of carbonyl (C=O) groups is 3. The molecule has 22 heavy (non-hydrogen) atoms. The van der Waals surface area contributed by atoms with Crippen molar-refractivity contribution in [3.8, 4) is 0 Å². The molecule has 1 aromatic heterocycles. The van der Waals surface area contributed by atoms with Gasteiger partial charge in [-0.05, 0) is 29.8 Å². The zero-order valence-corrected chi connectivity index (χ0v) is 12.8. The number of nitrogens with zero attached hydrogens (tertiary/aromatic N) is 1. The maximum atomic E-state index is 11.8. The summed E-state index contributed by atoms with van der Waals surface area (Å²) in [6, 6.07) is 6.66. The quantitative estimate of drug-likeness (QED) is 0.498. The third-order valence-corrected chi connectivity index (χ3v) is 3.36. The van der Waals surface area contributed by atoms with Crippen LogP contribution in [0.5, 0.6) is 0 Å². The van der Waals surface area contributed by atoms with Crippen LogP contribution in [0.4, 0.5) is 0 Å². The number of halogens is 2. The van der Waals surface area contributed by atoms with Gasteiger partial charge in [0.1, 0.15) is 0 Å².